The van der Waals surface area contributed by atoms with E-state index < -0.39 is 5.92 Å². The summed E-state index contributed by atoms with van der Waals surface area (Å²) in [6.07, 6.45) is 2.64. The molecular formula is C23H25N3O3. The van der Waals surface area contributed by atoms with Crippen molar-refractivity contribution < 1.29 is 14.4 Å². The maximum atomic E-state index is 12.7. The summed E-state index contributed by atoms with van der Waals surface area (Å²) >= 11 is 0. The Morgan fingerprint density at radius 1 is 0.931 bits per heavy atom. The van der Waals surface area contributed by atoms with E-state index >= 15 is 0 Å². The fourth-order valence-electron chi connectivity index (χ4n) is 3.98. The summed E-state index contributed by atoms with van der Waals surface area (Å²) in [5.74, 6) is -0.634. The predicted octanol–water partition coefficient (Wildman–Crippen LogP) is 3.48. The molecule has 0 spiro atoms. The van der Waals surface area contributed by atoms with E-state index in [0.29, 0.717) is 17.8 Å². The number of rotatable bonds is 5. The van der Waals surface area contributed by atoms with E-state index in [1.54, 1.807) is 29.2 Å². The van der Waals surface area contributed by atoms with Gasteiger partial charge in [-0.25, -0.2) is 0 Å². The Morgan fingerprint density at radius 3 is 2.17 bits per heavy atom. The smallest absolute Gasteiger partial charge is 0.229 e. The van der Waals surface area contributed by atoms with Gasteiger partial charge in [0.1, 0.15) is 0 Å². The van der Waals surface area contributed by atoms with E-state index in [0.717, 1.165) is 18.8 Å². The lowest BCUT2D eigenvalue weighted by Crippen LogP contribution is -2.28. The molecule has 29 heavy (non-hydrogen) atoms. The number of amides is 2. The van der Waals surface area contributed by atoms with E-state index in [1.807, 2.05) is 24.3 Å². The van der Waals surface area contributed by atoms with E-state index in [2.05, 4.69) is 10.2 Å². The van der Waals surface area contributed by atoms with Crippen LogP contribution in [0, 0.1) is 5.92 Å². The summed E-state index contributed by atoms with van der Waals surface area (Å²) in [5.41, 5.74) is 3.24. The van der Waals surface area contributed by atoms with Crippen molar-refractivity contribution >= 4 is 34.7 Å². The fraction of sp³-hybridized carbons (Fsp3) is 0.348. The molecule has 2 heterocycles. The van der Waals surface area contributed by atoms with E-state index in [-0.39, 0.29) is 24.0 Å². The highest BCUT2D eigenvalue weighted by Gasteiger charge is 2.35. The SMILES string of the molecule is CC(=O)c1ccc(N2CC(C(=O)Nc3ccc(N4CCCC4)cc3)CC2=O)cc1. The van der Waals surface area contributed by atoms with E-state index in [4.69, 9.17) is 0 Å². The average molecular weight is 391 g/mol. The maximum Gasteiger partial charge on any atom is 0.229 e. The van der Waals surface area contributed by atoms with Crippen LogP contribution in [0.15, 0.2) is 48.5 Å². The van der Waals surface area contributed by atoms with Crippen LogP contribution in [0.5, 0.6) is 0 Å². The summed E-state index contributed by atoms with van der Waals surface area (Å²) in [7, 11) is 0. The summed E-state index contributed by atoms with van der Waals surface area (Å²) in [4.78, 5) is 40.5. The van der Waals surface area contributed by atoms with Crippen LogP contribution >= 0.6 is 0 Å². The molecule has 2 saturated heterocycles. The monoisotopic (exact) mass is 391 g/mol. The van der Waals surface area contributed by atoms with Crippen molar-refractivity contribution in [3.63, 3.8) is 0 Å². The summed E-state index contributed by atoms with van der Waals surface area (Å²) < 4.78 is 0. The lowest BCUT2D eigenvalue weighted by molar-refractivity contribution is -0.122. The second-order valence-corrected chi connectivity index (χ2v) is 7.74. The van der Waals surface area contributed by atoms with Crippen LogP contribution in [0.3, 0.4) is 0 Å². The molecule has 0 radical (unpaired) electrons. The normalized spacial score (nSPS) is 18.9. The molecule has 0 bridgehead atoms. The Hall–Kier alpha value is -3.15. The van der Waals surface area contributed by atoms with Crippen LogP contribution in [0.25, 0.3) is 0 Å². The second-order valence-electron chi connectivity index (χ2n) is 7.74. The van der Waals surface area contributed by atoms with Gasteiger partial charge in [0.25, 0.3) is 0 Å². The molecule has 2 aliphatic rings. The Kier molecular flexibility index (Phi) is 5.34. The maximum absolute atomic E-state index is 12.7. The number of hydrogen-bond donors (Lipinski definition) is 1. The first-order valence-electron chi connectivity index (χ1n) is 10.1. The van der Waals surface area contributed by atoms with Gasteiger partial charge in [0.05, 0.1) is 5.92 Å². The fourth-order valence-corrected chi connectivity index (χ4v) is 3.98. The zero-order valence-electron chi connectivity index (χ0n) is 16.6. The lowest BCUT2D eigenvalue weighted by Gasteiger charge is -2.18. The van der Waals surface area contributed by atoms with Crippen LogP contribution in [-0.4, -0.2) is 37.2 Å². The van der Waals surface area contributed by atoms with Crippen LogP contribution in [0.1, 0.15) is 36.5 Å². The number of anilines is 3. The van der Waals surface area contributed by atoms with E-state index in [9.17, 15) is 14.4 Å². The molecule has 6 heteroatoms. The van der Waals surface area contributed by atoms with Crippen molar-refractivity contribution in [1.29, 1.82) is 0 Å². The number of Topliss-reactive ketones (excluding diaryl/α,β-unsaturated/α-hetero) is 1. The number of hydrogen-bond acceptors (Lipinski definition) is 4. The number of benzene rings is 2. The number of nitrogens with zero attached hydrogens (tertiary/aromatic N) is 2. The Balaban J connectivity index is 1.38. The quantitative estimate of drug-likeness (QED) is 0.793. The molecule has 1 unspecified atom stereocenters. The number of carbonyl (C=O) groups excluding carboxylic acids is 3. The molecule has 4 rings (SSSR count). The molecule has 2 fully saturated rings. The van der Waals surface area contributed by atoms with Crippen LogP contribution in [-0.2, 0) is 9.59 Å². The molecule has 0 saturated carbocycles. The molecule has 150 valence electrons. The van der Waals surface area contributed by atoms with Gasteiger partial charge in [-0.1, -0.05) is 0 Å². The molecular weight excluding hydrogens is 366 g/mol. The van der Waals surface area contributed by atoms with Gasteiger partial charge in [-0.2, -0.15) is 0 Å². The summed E-state index contributed by atoms with van der Waals surface area (Å²) in [6, 6.07) is 14.8. The second kappa shape index (κ2) is 8.07. The third-order valence-corrected chi connectivity index (χ3v) is 5.69. The molecule has 0 aliphatic carbocycles. The van der Waals surface area contributed by atoms with Gasteiger partial charge in [-0.05, 0) is 68.3 Å². The first-order chi connectivity index (χ1) is 14.0. The van der Waals surface area contributed by atoms with Crippen molar-refractivity contribution in [2.75, 3.05) is 34.8 Å². The van der Waals surface area contributed by atoms with Gasteiger partial charge in [0.15, 0.2) is 5.78 Å². The third-order valence-electron chi connectivity index (χ3n) is 5.69. The zero-order chi connectivity index (χ0) is 20.4. The zero-order valence-corrected chi connectivity index (χ0v) is 16.6. The minimum absolute atomic E-state index is 0.0164. The van der Waals surface area contributed by atoms with Gasteiger partial charge in [-0.3, -0.25) is 14.4 Å². The average Bonchev–Trinajstić information content (AvgIpc) is 3.39. The van der Waals surface area contributed by atoms with Gasteiger partial charge in [-0.15, -0.1) is 0 Å². The third kappa shape index (κ3) is 4.16. The van der Waals surface area contributed by atoms with Gasteiger partial charge >= 0.3 is 0 Å². The summed E-state index contributed by atoms with van der Waals surface area (Å²) in [6.45, 7) is 4.02. The highest BCUT2D eigenvalue weighted by atomic mass is 16.2. The van der Waals surface area contributed by atoms with Crippen molar-refractivity contribution in [3.05, 3.63) is 54.1 Å². The van der Waals surface area contributed by atoms with Crippen molar-refractivity contribution in [1.82, 2.24) is 0 Å². The Bertz CT molecular complexity index is 915. The van der Waals surface area contributed by atoms with Crippen molar-refractivity contribution in [3.8, 4) is 0 Å². The first kappa shape index (κ1) is 19.2. The van der Waals surface area contributed by atoms with Crippen LogP contribution < -0.4 is 15.1 Å². The Labute approximate surface area is 170 Å². The highest BCUT2D eigenvalue weighted by Crippen LogP contribution is 2.27. The lowest BCUT2D eigenvalue weighted by atomic mass is 10.1. The number of ketones is 1. The predicted molar refractivity (Wildman–Crippen MR) is 113 cm³/mol. The minimum Gasteiger partial charge on any atom is -0.372 e. The highest BCUT2D eigenvalue weighted by molar-refractivity contribution is 6.04. The molecule has 6 nitrogen and oxygen atoms in total. The summed E-state index contributed by atoms with van der Waals surface area (Å²) in [5, 5.41) is 2.94. The largest absolute Gasteiger partial charge is 0.372 e. The van der Waals surface area contributed by atoms with Crippen LogP contribution in [0.4, 0.5) is 17.1 Å². The molecule has 2 aliphatic heterocycles. The minimum atomic E-state index is -0.395. The van der Waals surface area contributed by atoms with Gasteiger partial charge < -0.3 is 15.1 Å². The Morgan fingerprint density at radius 2 is 1.55 bits per heavy atom. The molecule has 2 amide bonds. The molecule has 2 aromatic carbocycles. The van der Waals surface area contributed by atoms with Crippen LogP contribution in [0.2, 0.25) is 0 Å². The molecule has 0 aromatic heterocycles. The number of carbonyl (C=O) groups is 3. The van der Waals surface area contributed by atoms with Gasteiger partial charge in [0, 0.05) is 48.7 Å². The van der Waals surface area contributed by atoms with Crippen molar-refractivity contribution in [2.24, 2.45) is 5.92 Å². The standard InChI is InChI=1S/C23H25N3O3/c1-16(27)17-4-8-21(9-5-17)26-15-18(14-22(26)28)23(29)24-19-6-10-20(11-7-19)25-12-2-3-13-25/h4-11,18H,2-3,12-15H2,1H3,(H,24,29). The molecule has 1 N–H and O–H groups in total. The van der Waals surface area contributed by atoms with E-state index in [1.165, 1.54) is 25.5 Å². The molecule has 2 aromatic rings. The topological polar surface area (TPSA) is 69.7 Å². The number of nitrogens with one attached hydrogen (secondary N) is 1. The van der Waals surface area contributed by atoms with Gasteiger partial charge in [0.2, 0.25) is 11.8 Å². The molecule has 1 atom stereocenters. The first-order valence-corrected chi connectivity index (χ1v) is 10.1. The van der Waals surface area contributed by atoms with Crippen molar-refractivity contribution in [2.45, 2.75) is 26.2 Å².